The highest BCUT2D eigenvalue weighted by Crippen LogP contribution is 2.28. The van der Waals surface area contributed by atoms with E-state index in [1.807, 2.05) is 55.5 Å². The van der Waals surface area contributed by atoms with Crippen molar-refractivity contribution in [1.29, 1.82) is 0 Å². The largest absolute Gasteiger partial charge is 0.361 e. The number of aromatic nitrogens is 4. The summed E-state index contributed by atoms with van der Waals surface area (Å²) in [5.74, 6) is 0.926. The van der Waals surface area contributed by atoms with Crippen LogP contribution >= 0.6 is 11.6 Å². The normalized spacial score (nSPS) is 12.2. The van der Waals surface area contributed by atoms with Crippen molar-refractivity contribution in [1.82, 2.24) is 19.5 Å². The molecule has 0 aliphatic rings. The quantitative estimate of drug-likeness (QED) is 0.406. The molecule has 3 heterocycles. The molecule has 0 bridgehead atoms. The van der Waals surface area contributed by atoms with E-state index in [4.69, 9.17) is 11.6 Å². The van der Waals surface area contributed by atoms with Crippen LogP contribution in [0, 0.1) is 6.92 Å². The summed E-state index contributed by atoms with van der Waals surface area (Å²) in [5.41, 5.74) is 1.47. The monoisotopic (exact) mass is 457 g/mol. The van der Waals surface area contributed by atoms with Crippen LogP contribution in [0.3, 0.4) is 0 Å². The van der Waals surface area contributed by atoms with Crippen LogP contribution in [0.15, 0.2) is 76.4 Å². The van der Waals surface area contributed by atoms with Gasteiger partial charge in [-0.2, -0.15) is 0 Å². The van der Waals surface area contributed by atoms with E-state index in [2.05, 4.69) is 20.3 Å². The zero-order valence-corrected chi connectivity index (χ0v) is 18.7. The van der Waals surface area contributed by atoms with E-state index >= 15 is 0 Å². The van der Waals surface area contributed by atoms with Gasteiger partial charge in [0.05, 0.1) is 16.5 Å². The maximum Gasteiger partial charge on any atom is 0.264 e. The Morgan fingerprint density at radius 1 is 1.00 bits per heavy atom. The first-order valence-corrected chi connectivity index (χ1v) is 10.8. The molecular formula is C25H20ClN5O2. The predicted molar refractivity (Wildman–Crippen MR) is 131 cm³/mol. The van der Waals surface area contributed by atoms with Crippen molar-refractivity contribution in [2.24, 2.45) is 0 Å². The Hall–Kier alpha value is -3.97. The van der Waals surface area contributed by atoms with Crippen LogP contribution in [0.5, 0.6) is 0 Å². The number of hydrogen-bond donors (Lipinski definition) is 2. The highest BCUT2D eigenvalue weighted by molar-refractivity contribution is 6.35. The first-order chi connectivity index (χ1) is 15.9. The minimum Gasteiger partial charge on any atom is -0.361 e. The number of para-hydroxylation sites is 1. The number of aromatic amines is 1. The minimum atomic E-state index is -0.376. The lowest BCUT2D eigenvalue weighted by atomic mass is 10.1. The molecular weight excluding hydrogens is 438 g/mol. The fourth-order valence-corrected chi connectivity index (χ4v) is 4.34. The fraction of sp³-hybridized carbons (Fsp3) is 0.120. The third-order valence-corrected chi connectivity index (χ3v) is 5.87. The lowest BCUT2D eigenvalue weighted by Gasteiger charge is -2.22. The molecule has 0 aliphatic heterocycles. The van der Waals surface area contributed by atoms with Crippen molar-refractivity contribution >= 4 is 39.2 Å². The number of nitrogens with zero attached hydrogens (tertiary/aromatic N) is 3. The van der Waals surface area contributed by atoms with Crippen molar-refractivity contribution < 1.29 is 0 Å². The molecule has 5 rings (SSSR count). The van der Waals surface area contributed by atoms with Crippen molar-refractivity contribution in [2.75, 3.05) is 5.32 Å². The van der Waals surface area contributed by atoms with Gasteiger partial charge in [0.1, 0.15) is 22.7 Å². The number of H-pyrrole nitrogens is 1. The number of halogens is 1. The molecule has 5 aromatic rings. The molecule has 0 fully saturated rings. The summed E-state index contributed by atoms with van der Waals surface area (Å²) in [7, 11) is 0. The second-order valence-corrected chi connectivity index (χ2v) is 8.21. The lowest BCUT2D eigenvalue weighted by molar-refractivity contribution is 0.773. The Morgan fingerprint density at radius 2 is 1.79 bits per heavy atom. The van der Waals surface area contributed by atoms with Gasteiger partial charge < -0.3 is 10.3 Å². The molecule has 7 nitrogen and oxygen atoms in total. The summed E-state index contributed by atoms with van der Waals surface area (Å²) in [4.78, 5) is 38.0. The molecule has 0 unspecified atom stereocenters. The lowest BCUT2D eigenvalue weighted by Crippen LogP contribution is -2.26. The van der Waals surface area contributed by atoms with E-state index in [0.29, 0.717) is 38.8 Å². The van der Waals surface area contributed by atoms with Crippen LogP contribution < -0.4 is 16.3 Å². The van der Waals surface area contributed by atoms with Gasteiger partial charge in [-0.1, -0.05) is 41.9 Å². The van der Waals surface area contributed by atoms with E-state index in [1.165, 1.54) is 6.07 Å². The van der Waals surface area contributed by atoms with Gasteiger partial charge >= 0.3 is 0 Å². The second kappa shape index (κ2) is 8.18. The van der Waals surface area contributed by atoms with Gasteiger partial charge in [-0.25, -0.2) is 9.97 Å². The number of anilines is 1. The van der Waals surface area contributed by atoms with Crippen molar-refractivity contribution in [3.8, 4) is 5.69 Å². The molecule has 0 saturated heterocycles. The van der Waals surface area contributed by atoms with E-state index in [1.54, 1.807) is 23.8 Å². The first-order valence-electron chi connectivity index (χ1n) is 10.5. The number of nitrogens with one attached hydrogen (secondary N) is 2. The number of benzene rings is 2. The molecule has 0 saturated carbocycles. The summed E-state index contributed by atoms with van der Waals surface area (Å²) in [6, 6.07) is 17.8. The minimum absolute atomic E-state index is 0.191. The first kappa shape index (κ1) is 20.9. The van der Waals surface area contributed by atoms with Crippen molar-refractivity contribution in [3.63, 3.8) is 0 Å². The van der Waals surface area contributed by atoms with Gasteiger partial charge in [-0.05, 0) is 43.5 Å². The zero-order chi connectivity index (χ0) is 23.1. The number of fused-ring (bicyclic) bond motifs is 2. The van der Waals surface area contributed by atoms with Crippen LogP contribution in [0.1, 0.15) is 24.5 Å². The molecule has 8 heteroatoms. The maximum absolute atomic E-state index is 13.6. The van der Waals surface area contributed by atoms with Crippen LogP contribution in [-0.2, 0) is 0 Å². The average Bonchev–Trinajstić information content (AvgIpc) is 2.79. The van der Waals surface area contributed by atoms with Crippen LogP contribution in [0.2, 0.25) is 5.02 Å². The summed E-state index contributed by atoms with van der Waals surface area (Å²) in [6.45, 7) is 3.68. The van der Waals surface area contributed by atoms with Gasteiger partial charge in [0.15, 0.2) is 5.43 Å². The molecule has 2 N–H and O–H groups in total. The number of aryl methyl sites for hydroxylation is 1. The highest BCUT2D eigenvalue weighted by atomic mass is 35.5. The van der Waals surface area contributed by atoms with E-state index in [-0.39, 0.29) is 17.0 Å². The Labute approximate surface area is 193 Å². The molecule has 2 aromatic carbocycles. The smallest absolute Gasteiger partial charge is 0.264 e. The van der Waals surface area contributed by atoms with Crippen LogP contribution in [0.25, 0.3) is 27.5 Å². The zero-order valence-electron chi connectivity index (χ0n) is 18.0. The third-order valence-electron chi connectivity index (χ3n) is 5.56. The van der Waals surface area contributed by atoms with Gasteiger partial charge in [0, 0.05) is 23.6 Å². The SMILES string of the molecule is Cc1nc(N[C@@H](C)c2cc3cccc(Cl)c3c(=O)n2-c2ccccc2)c2c(=O)cc[nH]c2n1. The molecule has 0 amide bonds. The van der Waals surface area contributed by atoms with Gasteiger partial charge in [0.2, 0.25) is 0 Å². The third kappa shape index (κ3) is 3.66. The average molecular weight is 458 g/mol. The summed E-state index contributed by atoms with van der Waals surface area (Å²) >= 11 is 6.40. The standard InChI is InChI=1S/C25H20ClN5O2/c1-14(28-24-22-20(32)11-12-27-23(22)29-15(2)30-24)19-13-16-7-6-10-18(26)21(16)25(33)31(19)17-8-4-3-5-9-17/h3-14H,1-2H3,(H2,27,28,29,30,32)/t14-/m0/s1. The van der Waals surface area contributed by atoms with Gasteiger partial charge in [-0.15, -0.1) is 0 Å². The van der Waals surface area contributed by atoms with E-state index < -0.39 is 0 Å². The molecule has 0 radical (unpaired) electrons. The van der Waals surface area contributed by atoms with Crippen LogP contribution in [-0.4, -0.2) is 19.5 Å². The van der Waals surface area contributed by atoms with Gasteiger partial charge in [-0.3, -0.25) is 14.2 Å². The van der Waals surface area contributed by atoms with Crippen molar-refractivity contribution in [3.05, 3.63) is 104 Å². The highest BCUT2D eigenvalue weighted by Gasteiger charge is 2.19. The summed E-state index contributed by atoms with van der Waals surface area (Å²) in [6.07, 6.45) is 1.56. The Kier molecular flexibility index (Phi) is 5.18. The van der Waals surface area contributed by atoms with E-state index in [0.717, 1.165) is 11.1 Å². The fourth-order valence-electron chi connectivity index (χ4n) is 4.08. The van der Waals surface area contributed by atoms with Crippen molar-refractivity contribution in [2.45, 2.75) is 19.9 Å². The predicted octanol–water partition coefficient (Wildman–Crippen LogP) is 4.76. The Morgan fingerprint density at radius 3 is 2.58 bits per heavy atom. The molecule has 0 aliphatic carbocycles. The Bertz CT molecular complexity index is 1630. The molecule has 3 aromatic heterocycles. The second-order valence-electron chi connectivity index (χ2n) is 7.80. The molecule has 1 atom stereocenters. The van der Waals surface area contributed by atoms with Crippen LogP contribution in [0.4, 0.5) is 5.82 Å². The van der Waals surface area contributed by atoms with Gasteiger partial charge in [0.25, 0.3) is 5.56 Å². The van der Waals surface area contributed by atoms with E-state index in [9.17, 15) is 9.59 Å². The molecule has 0 spiro atoms. The number of hydrogen-bond acceptors (Lipinski definition) is 5. The molecule has 33 heavy (non-hydrogen) atoms. The topological polar surface area (TPSA) is 92.7 Å². The Balaban J connectivity index is 1.73. The summed E-state index contributed by atoms with van der Waals surface area (Å²) < 4.78 is 1.65. The number of pyridine rings is 2. The summed E-state index contributed by atoms with van der Waals surface area (Å²) in [5, 5.41) is 5.30. The maximum atomic E-state index is 13.6. The molecule has 164 valence electrons. The number of rotatable bonds is 4.